The largest absolute Gasteiger partial charge is 0.378 e. The highest BCUT2D eigenvalue weighted by Crippen LogP contribution is 2.54. The highest BCUT2D eigenvalue weighted by molar-refractivity contribution is 7.13. The van der Waals surface area contributed by atoms with E-state index in [1.54, 1.807) is 11.3 Å². The molecule has 3 rings (SSSR count). The van der Waals surface area contributed by atoms with E-state index in [0.717, 1.165) is 36.4 Å². The Morgan fingerprint density at radius 2 is 2.15 bits per heavy atom. The van der Waals surface area contributed by atoms with E-state index in [9.17, 15) is 0 Å². The number of hydrogen-bond acceptors (Lipinski definition) is 5. The van der Waals surface area contributed by atoms with Gasteiger partial charge in [-0.1, -0.05) is 12.8 Å². The third kappa shape index (κ3) is 3.98. The Hall–Kier alpha value is -1.34. The monoisotopic (exact) mass is 379 g/mol. The summed E-state index contributed by atoms with van der Waals surface area (Å²) in [5.41, 5.74) is 1.33. The second-order valence-corrected chi connectivity index (χ2v) is 8.36. The Morgan fingerprint density at radius 3 is 2.77 bits per heavy atom. The number of ether oxygens (including phenoxy) is 1. The van der Waals surface area contributed by atoms with Gasteiger partial charge in [0.15, 0.2) is 11.1 Å². The summed E-state index contributed by atoms with van der Waals surface area (Å²) in [5.74, 6) is 0.901. The molecule has 2 aliphatic rings. The van der Waals surface area contributed by atoms with Gasteiger partial charge in [-0.05, 0) is 33.1 Å². The third-order valence-corrected chi connectivity index (χ3v) is 6.72. The fourth-order valence-electron chi connectivity index (χ4n) is 4.31. The zero-order chi connectivity index (χ0) is 18.6. The molecule has 0 radical (unpaired) electrons. The molecule has 2 fully saturated rings. The molecule has 1 heterocycles. The normalized spacial score (nSPS) is 24.5. The lowest BCUT2D eigenvalue weighted by molar-refractivity contribution is -0.125. The summed E-state index contributed by atoms with van der Waals surface area (Å²) in [6, 6.07) is 0.465. The minimum absolute atomic E-state index is 0.310. The first-order chi connectivity index (χ1) is 12.6. The molecule has 0 aliphatic heterocycles. The molecule has 0 aromatic carbocycles. The predicted molar refractivity (Wildman–Crippen MR) is 109 cm³/mol. The number of nitrogens with one attached hydrogen (secondary N) is 2. The zero-order valence-electron chi connectivity index (χ0n) is 16.5. The Balaban J connectivity index is 1.64. The van der Waals surface area contributed by atoms with Gasteiger partial charge in [-0.25, -0.2) is 9.98 Å². The zero-order valence-corrected chi connectivity index (χ0v) is 17.4. The molecule has 6 nitrogen and oxygen atoms in total. The van der Waals surface area contributed by atoms with Gasteiger partial charge in [-0.15, -0.1) is 11.3 Å². The van der Waals surface area contributed by atoms with Crippen LogP contribution in [0.5, 0.6) is 0 Å². The SMILES string of the molecule is CCNC(=NCc1csc(N(C)C)n1)NC1CC(OCC)C12CCCC2. The van der Waals surface area contributed by atoms with Gasteiger partial charge in [0.05, 0.1) is 18.3 Å². The molecule has 0 amide bonds. The smallest absolute Gasteiger partial charge is 0.191 e. The van der Waals surface area contributed by atoms with Crippen LogP contribution in [0.25, 0.3) is 0 Å². The number of hydrogen-bond donors (Lipinski definition) is 2. The number of thiazole rings is 1. The molecular weight excluding hydrogens is 346 g/mol. The number of anilines is 1. The van der Waals surface area contributed by atoms with Crippen molar-refractivity contribution in [2.75, 3.05) is 32.1 Å². The van der Waals surface area contributed by atoms with Crippen LogP contribution in [0, 0.1) is 5.41 Å². The van der Waals surface area contributed by atoms with Crippen molar-refractivity contribution < 1.29 is 4.74 Å². The van der Waals surface area contributed by atoms with Gasteiger partial charge in [-0.2, -0.15) is 0 Å². The topological polar surface area (TPSA) is 61.8 Å². The van der Waals surface area contributed by atoms with Gasteiger partial charge in [0.2, 0.25) is 0 Å². The van der Waals surface area contributed by atoms with Crippen LogP contribution in [0.4, 0.5) is 5.13 Å². The maximum atomic E-state index is 6.03. The molecule has 1 spiro atoms. The summed E-state index contributed by atoms with van der Waals surface area (Å²) < 4.78 is 6.03. The highest BCUT2D eigenvalue weighted by Gasteiger charge is 2.56. The lowest BCUT2D eigenvalue weighted by Crippen LogP contribution is -2.65. The van der Waals surface area contributed by atoms with Crippen LogP contribution in [0.1, 0.15) is 51.6 Å². The van der Waals surface area contributed by atoms with E-state index < -0.39 is 0 Å². The molecule has 0 saturated heterocycles. The fraction of sp³-hybridized carbons (Fsp3) is 0.789. The number of aliphatic imine (C=N–C) groups is 1. The van der Waals surface area contributed by atoms with Crippen molar-refractivity contribution in [2.24, 2.45) is 10.4 Å². The minimum Gasteiger partial charge on any atom is -0.378 e. The number of rotatable bonds is 7. The number of aromatic nitrogens is 1. The molecule has 1 aromatic rings. The summed E-state index contributed by atoms with van der Waals surface area (Å²) >= 11 is 1.66. The molecular formula is C19H33N5OS. The van der Waals surface area contributed by atoms with Gasteiger partial charge < -0.3 is 20.3 Å². The van der Waals surface area contributed by atoms with E-state index in [2.05, 4.69) is 34.8 Å². The quantitative estimate of drug-likeness (QED) is 0.563. The van der Waals surface area contributed by atoms with E-state index >= 15 is 0 Å². The van der Waals surface area contributed by atoms with Crippen LogP contribution in [0.15, 0.2) is 10.4 Å². The molecule has 2 N–H and O–H groups in total. The average molecular weight is 380 g/mol. The van der Waals surface area contributed by atoms with Gasteiger partial charge in [0.1, 0.15) is 0 Å². The van der Waals surface area contributed by atoms with Crippen molar-refractivity contribution in [3.63, 3.8) is 0 Å². The first-order valence-electron chi connectivity index (χ1n) is 9.87. The van der Waals surface area contributed by atoms with Crippen molar-refractivity contribution in [3.8, 4) is 0 Å². The van der Waals surface area contributed by atoms with E-state index in [1.165, 1.54) is 25.7 Å². The molecule has 26 heavy (non-hydrogen) atoms. The lowest BCUT2D eigenvalue weighted by atomic mass is 9.60. The van der Waals surface area contributed by atoms with Crippen molar-refractivity contribution >= 4 is 22.4 Å². The summed E-state index contributed by atoms with van der Waals surface area (Å²) in [5, 5.41) is 10.2. The highest BCUT2D eigenvalue weighted by atomic mass is 32.1. The molecule has 1 aromatic heterocycles. The maximum absolute atomic E-state index is 6.03. The first-order valence-corrected chi connectivity index (χ1v) is 10.7. The van der Waals surface area contributed by atoms with Crippen molar-refractivity contribution in [3.05, 3.63) is 11.1 Å². The third-order valence-electron chi connectivity index (χ3n) is 5.66. The van der Waals surface area contributed by atoms with Crippen LogP contribution in [-0.4, -0.2) is 50.3 Å². The van der Waals surface area contributed by atoms with E-state index in [0.29, 0.717) is 24.1 Å². The molecule has 146 valence electrons. The van der Waals surface area contributed by atoms with Crippen LogP contribution in [0.3, 0.4) is 0 Å². The summed E-state index contributed by atoms with van der Waals surface area (Å²) in [4.78, 5) is 11.4. The summed E-state index contributed by atoms with van der Waals surface area (Å²) in [6.07, 6.45) is 6.68. The Labute approximate surface area is 161 Å². The van der Waals surface area contributed by atoms with Crippen LogP contribution in [-0.2, 0) is 11.3 Å². The average Bonchev–Trinajstić information content (AvgIpc) is 3.29. The molecule has 2 saturated carbocycles. The van der Waals surface area contributed by atoms with Gasteiger partial charge in [-0.3, -0.25) is 0 Å². The summed E-state index contributed by atoms with van der Waals surface area (Å²) in [7, 11) is 4.04. The second-order valence-electron chi connectivity index (χ2n) is 7.53. The van der Waals surface area contributed by atoms with E-state index in [-0.39, 0.29) is 0 Å². The van der Waals surface area contributed by atoms with E-state index in [1.807, 2.05) is 19.0 Å². The fourth-order valence-corrected chi connectivity index (χ4v) is 5.06. The Bertz CT molecular complexity index is 609. The van der Waals surface area contributed by atoms with Crippen molar-refractivity contribution in [1.29, 1.82) is 0 Å². The Kier molecular flexibility index (Phi) is 6.40. The second kappa shape index (κ2) is 8.57. The molecule has 2 aliphatic carbocycles. The molecule has 2 atom stereocenters. The van der Waals surface area contributed by atoms with Crippen molar-refractivity contribution in [1.82, 2.24) is 15.6 Å². The number of nitrogens with zero attached hydrogens (tertiary/aromatic N) is 3. The van der Waals surface area contributed by atoms with Gasteiger partial charge in [0, 0.05) is 44.1 Å². The van der Waals surface area contributed by atoms with Gasteiger partial charge in [0.25, 0.3) is 0 Å². The van der Waals surface area contributed by atoms with Crippen LogP contribution in [0.2, 0.25) is 0 Å². The minimum atomic E-state index is 0.310. The van der Waals surface area contributed by atoms with Gasteiger partial charge >= 0.3 is 0 Å². The molecule has 2 unspecified atom stereocenters. The lowest BCUT2D eigenvalue weighted by Gasteiger charge is -2.54. The molecule has 0 bridgehead atoms. The van der Waals surface area contributed by atoms with Crippen LogP contribution >= 0.6 is 11.3 Å². The van der Waals surface area contributed by atoms with Crippen molar-refractivity contribution in [2.45, 2.75) is 64.6 Å². The summed E-state index contributed by atoms with van der Waals surface area (Å²) in [6.45, 7) is 6.49. The number of guanidine groups is 1. The first kappa shape index (κ1) is 19.4. The molecule has 7 heteroatoms. The maximum Gasteiger partial charge on any atom is 0.191 e. The van der Waals surface area contributed by atoms with E-state index in [4.69, 9.17) is 9.73 Å². The van der Waals surface area contributed by atoms with Crippen LogP contribution < -0.4 is 15.5 Å². The predicted octanol–water partition coefficient (Wildman–Crippen LogP) is 3.00. The Morgan fingerprint density at radius 1 is 1.38 bits per heavy atom. The standard InChI is InChI=1S/C19H33N5OS/c1-5-20-17(21-12-14-13-26-18(22-14)24(3)4)23-15-11-16(25-6-2)19(15)9-7-8-10-19/h13,15-16H,5-12H2,1-4H3,(H2,20,21,23).